The number of nitrogens with one attached hydrogen (secondary N) is 3. The third-order valence-electron chi connectivity index (χ3n) is 7.58. The third-order valence-corrected chi connectivity index (χ3v) is 7.82. The molecule has 0 aromatic heterocycles. The first-order chi connectivity index (χ1) is 20.8. The normalized spacial score (nSPS) is 22.5. The molecule has 2 aliphatic heterocycles. The molecule has 11 heteroatoms. The van der Waals surface area contributed by atoms with Crippen molar-refractivity contribution >= 4 is 35.5 Å². The first-order valence-electron chi connectivity index (χ1n) is 14.8. The minimum atomic E-state index is -0.463. The monoisotopic (exact) mass is 610 g/mol. The highest BCUT2D eigenvalue weighted by Crippen LogP contribution is 2.40. The molecule has 1 fully saturated rings. The molecular weight excluding hydrogens is 568 g/mol. The van der Waals surface area contributed by atoms with Gasteiger partial charge in [-0.15, -0.1) is 0 Å². The number of fused-ring (bicyclic) bond motifs is 2. The molecule has 4 rings (SSSR count). The fourth-order valence-corrected chi connectivity index (χ4v) is 5.83. The van der Waals surface area contributed by atoms with Gasteiger partial charge in [0.2, 0.25) is 5.91 Å². The van der Waals surface area contributed by atoms with Crippen LogP contribution >= 0.6 is 11.6 Å². The SMILES string of the molecule is CCOCC(=O)NC(/C=C/NC=NC)/C1=C/CC2=CC=CNC2C(N2CCN(C(=O)OC(C)C)CC2)c2ccc(Cl)cc21. The summed E-state index contributed by atoms with van der Waals surface area (Å²) in [5.41, 5.74) is 4.22. The van der Waals surface area contributed by atoms with E-state index in [1.807, 2.05) is 51.3 Å². The van der Waals surface area contributed by atoms with Crippen LogP contribution in [0.2, 0.25) is 5.02 Å². The Bertz CT molecular complexity index is 1280. The molecule has 43 heavy (non-hydrogen) atoms. The number of dihydropyridines is 1. The van der Waals surface area contributed by atoms with E-state index < -0.39 is 6.04 Å². The quantitative estimate of drug-likeness (QED) is 0.271. The average molecular weight is 611 g/mol. The Morgan fingerprint density at radius 3 is 2.74 bits per heavy atom. The van der Waals surface area contributed by atoms with E-state index in [1.54, 1.807) is 24.5 Å². The smallest absolute Gasteiger partial charge is 0.410 e. The maximum atomic E-state index is 12.9. The standard InChI is InChI=1S/C32H43ClN6O4/c1-5-42-20-29(40)37-28(12-14-35-21-34-4)25-10-8-23-7-6-13-36-30(23)31(26-11-9-24(33)19-27(25)26)38-15-17-39(18-16-38)32(41)43-22(2)3/h6-7,9-14,19,21-22,28,30-31,36H,5,8,15-18,20H2,1-4H3,(H,34,35)(H,37,40)/b14-12+,25-10+. The van der Waals surface area contributed by atoms with Crippen molar-refractivity contribution in [1.29, 1.82) is 0 Å². The Balaban J connectivity index is 1.74. The Morgan fingerprint density at radius 2 is 2.02 bits per heavy atom. The molecule has 3 N–H and O–H groups in total. The Labute approximate surface area is 259 Å². The second-order valence-corrected chi connectivity index (χ2v) is 11.3. The summed E-state index contributed by atoms with van der Waals surface area (Å²) in [4.78, 5) is 33.7. The maximum absolute atomic E-state index is 12.9. The van der Waals surface area contributed by atoms with Gasteiger partial charge in [0.15, 0.2) is 0 Å². The van der Waals surface area contributed by atoms with Crippen LogP contribution in [0.5, 0.6) is 0 Å². The highest BCUT2D eigenvalue weighted by Gasteiger charge is 2.38. The van der Waals surface area contributed by atoms with E-state index in [0.717, 1.165) is 16.7 Å². The third kappa shape index (κ3) is 8.49. The van der Waals surface area contributed by atoms with Crippen LogP contribution in [0.4, 0.5) is 4.79 Å². The van der Waals surface area contributed by atoms with Crippen molar-refractivity contribution in [2.45, 2.75) is 51.4 Å². The van der Waals surface area contributed by atoms with E-state index in [4.69, 9.17) is 21.1 Å². The van der Waals surface area contributed by atoms with Crippen molar-refractivity contribution in [3.63, 3.8) is 0 Å². The number of allylic oxidation sites excluding steroid dienone is 3. The van der Waals surface area contributed by atoms with Crippen molar-refractivity contribution in [2.24, 2.45) is 4.99 Å². The molecule has 1 aliphatic carbocycles. The number of nitrogens with zero attached hydrogens (tertiary/aromatic N) is 3. The van der Waals surface area contributed by atoms with Crippen LogP contribution < -0.4 is 16.0 Å². The van der Waals surface area contributed by atoms with Crippen LogP contribution in [0.15, 0.2) is 65.5 Å². The molecule has 0 bridgehead atoms. The minimum absolute atomic E-state index is 0.0147. The highest BCUT2D eigenvalue weighted by molar-refractivity contribution is 6.30. The lowest BCUT2D eigenvalue weighted by atomic mass is 9.80. The van der Waals surface area contributed by atoms with Gasteiger partial charge in [0.05, 0.1) is 30.6 Å². The Morgan fingerprint density at radius 1 is 1.23 bits per heavy atom. The summed E-state index contributed by atoms with van der Waals surface area (Å²) < 4.78 is 10.9. The largest absolute Gasteiger partial charge is 0.447 e. The number of rotatable bonds is 10. The number of hydrogen-bond donors (Lipinski definition) is 3. The summed E-state index contributed by atoms with van der Waals surface area (Å²) in [5, 5.41) is 10.4. The molecule has 0 spiro atoms. The molecule has 1 saturated heterocycles. The van der Waals surface area contributed by atoms with Gasteiger partial charge in [0.25, 0.3) is 0 Å². The number of amides is 2. The molecule has 0 saturated carbocycles. The van der Waals surface area contributed by atoms with E-state index in [1.165, 1.54) is 5.57 Å². The number of halogens is 1. The van der Waals surface area contributed by atoms with Crippen LogP contribution in [0, 0.1) is 0 Å². The van der Waals surface area contributed by atoms with Crippen molar-refractivity contribution in [3.05, 3.63) is 76.6 Å². The second kappa shape index (κ2) is 15.7. The Hall–Kier alpha value is -3.60. The summed E-state index contributed by atoms with van der Waals surface area (Å²) in [7, 11) is 1.68. The van der Waals surface area contributed by atoms with Gasteiger partial charge in [0, 0.05) is 51.1 Å². The van der Waals surface area contributed by atoms with Crippen molar-refractivity contribution in [3.8, 4) is 0 Å². The van der Waals surface area contributed by atoms with E-state index in [2.05, 4.69) is 44.1 Å². The molecule has 2 heterocycles. The highest BCUT2D eigenvalue weighted by atomic mass is 35.5. The number of hydrogen-bond acceptors (Lipinski definition) is 7. The molecule has 1 aromatic carbocycles. The lowest BCUT2D eigenvalue weighted by molar-refractivity contribution is -0.125. The lowest BCUT2D eigenvalue weighted by Crippen LogP contribution is -2.54. The molecule has 3 aliphatic rings. The molecule has 3 unspecified atom stereocenters. The van der Waals surface area contributed by atoms with Gasteiger partial charge in [-0.2, -0.15) is 0 Å². The topological polar surface area (TPSA) is 108 Å². The van der Waals surface area contributed by atoms with Gasteiger partial charge in [-0.05, 0) is 79.9 Å². The Kier molecular flexibility index (Phi) is 11.8. The summed E-state index contributed by atoms with van der Waals surface area (Å²) in [6, 6.07) is 5.49. The number of benzene rings is 1. The zero-order chi connectivity index (χ0) is 30.8. The van der Waals surface area contributed by atoms with Crippen LogP contribution in [-0.4, -0.2) is 92.8 Å². The first-order valence-corrected chi connectivity index (χ1v) is 15.2. The average Bonchev–Trinajstić information content (AvgIpc) is 2.99. The fraction of sp³-hybridized carbons (Fsp3) is 0.469. The van der Waals surface area contributed by atoms with Crippen LogP contribution in [0.3, 0.4) is 0 Å². The van der Waals surface area contributed by atoms with Crippen LogP contribution in [-0.2, 0) is 14.3 Å². The predicted octanol–water partition coefficient (Wildman–Crippen LogP) is 4.03. The van der Waals surface area contributed by atoms with E-state index in [0.29, 0.717) is 44.2 Å². The zero-order valence-corrected chi connectivity index (χ0v) is 26.1. The first kappa shape index (κ1) is 32.3. The predicted molar refractivity (Wildman–Crippen MR) is 171 cm³/mol. The fourth-order valence-electron chi connectivity index (χ4n) is 5.65. The van der Waals surface area contributed by atoms with E-state index in [-0.39, 0.29) is 36.8 Å². The second-order valence-electron chi connectivity index (χ2n) is 10.8. The number of piperazine rings is 1. The van der Waals surface area contributed by atoms with Crippen LogP contribution in [0.1, 0.15) is 44.4 Å². The van der Waals surface area contributed by atoms with Gasteiger partial charge in [-0.3, -0.25) is 14.7 Å². The van der Waals surface area contributed by atoms with Crippen molar-refractivity contribution in [1.82, 2.24) is 25.8 Å². The molecule has 2 amide bonds. The van der Waals surface area contributed by atoms with Crippen LogP contribution in [0.25, 0.3) is 5.57 Å². The van der Waals surface area contributed by atoms with Gasteiger partial charge in [-0.1, -0.05) is 29.8 Å². The molecular formula is C32H43ClN6O4. The summed E-state index contributed by atoms with van der Waals surface area (Å²) in [6.07, 6.45) is 13.8. The maximum Gasteiger partial charge on any atom is 0.410 e. The molecule has 10 nitrogen and oxygen atoms in total. The molecule has 3 atom stereocenters. The number of carbonyl (C=O) groups is 2. The molecule has 0 radical (unpaired) electrons. The van der Waals surface area contributed by atoms with E-state index >= 15 is 0 Å². The number of carbonyl (C=O) groups excluding carboxylic acids is 2. The zero-order valence-electron chi connectivity index (χ0n) is 25.4. The van der Waals surface area contributed by atoms with Gasteiger partial charge in [-0.25, -0.2) is 4.79 Å². The molecule has 1 aromatic rings. The molecule has 232 valence electrons. The summed E-state index contributed by atoms with van der Waals surface area (Å²) in [5.74, 6) is -0.215. The summed E-state index contributed by atoms with van der Waals surface area (Å²) >= 11 is 6.63. The summed E-state index contributed by atoms with van der Waals surface area (Å²) in [6.45, 7) is 8.50. The van der Waals surface area contributed by atoms with Gasteiger partial charge in [0.1, 0.15) is 6.61 Å². The van der Waals surface area contributed by atoms with Crippen molar-refractivity contribution in [2.75, 3.05) is 46.4 Å². The number of aliphatic imine (C=N–C) groups is 1. The van der Waals surface area contributed by atoms with Gasteiger partial charge >= 0.3 is 6.09 Å². The lowest BCUT2D eigenvalue weighted by Gasteiger charge is -2.45. The van der Waals surface area contributed by atoms with Crippen molar-refractivity contribution < 1.29 is 19.1 Å². The van der Waals surface area contributed by atoms with Gasteiger partial charge < -0.3 is 30.3 Å². The van der Waals surface area contributed by atoms with E-state index in [9.17, 15) is 9.59 Å². The number of ether oxygens (including phenoxy) is 2. The minimum Gasteiger partial charge on any atom is -0.447 e.